The van der Waals surface area contributed by atoms with Gasteiger partial charge in [-0.25, -0.2) is 0 Å². The maximum absolute atomic E-state index is 5.79. The summed E-state index contributed by atoms with van der Waals surface area (Å²) in [5, 5.41) is 4.01. The maximum Gasteiger partial charge on any atom is 0.241 e. The smallest absolute Gasteiger partial charge is 0.241 e. The Morgan fingerprint density at radius 3 is 2.42 bits per heavy atom. The van der Waals surface area contributed by atoms with E-state index < -0.39 is 0 Å². The van der Waals surface area contributed by atoms with Gasteiger partial charge in [-0.15, -0.1) is 0 Å². The molecule has 4 rings (SSSR count). The van der Waals surface area contributed by atoms with Crippen molar-refractivity contribution in [1.82, 2.24) is 15.0 Å². The van der Waals surface area contributed by atoms with Crippen LogP contribution in [0.4, 0.5) is 0 Å². The zero-order valence-corrected chi connectivity index (χ0v) is 13.7. The van der Waals surface area contributed by atoms with Crippen LogP contribution in [0.1, 0.15) is 31.6 Å². The molecule has 2 fully saturated rings. The molecule has 0 aromatic carbocycles. The molecule has 2 aliphatic rings. The fraction of sp³-hybridized carbons (Fsp3) is 0.647. The summed E-state index contributed by atoms with van der Waals surface area (Å²) in [5.41, 5.74) is 0. The maximum atomic E-state index is 5.79. The summed E-state index contributed by atoms with van der Waals surface area (Å²) in [7, 11) is 0. The number of rotatable bonds is 7. The Bertz CT molecular complexity index is 598. The monoisotopic (exact) mass is 333 g/mol. The minimum atomic E-state index is 0.291. The first-order chi connectivity index (χ1) is 11.9. The van der Waals surface area contributed by atoms with Crippen molar-refractivity contribution in [3.63, 3.8) is 0 Å². The standard InChI is InChI=1S/C17H23N3O4/c1-4-13(21-7-1)10-20(11-14-5-2-8-22-14)12-16-18-17(19-24-16)15-6-3-9-23-15/h3,6,9,13-14H,1-2,4-5,7-8,10-12H2/t13-,14+. The van der Waals surface area contributed by atoms with Gasteiger partial charge in [0.05, 0.1) is 25.0 Å². The molecule has 7 heteroatoms. The molecule has 2 aromatic heterocycles. The number of furan rings is 1. The normalized spacial score (nSPS) is 24.2. The highest BCUT2D eigenvalue weighted by atomic mass is 16.5. The van der Waals surface area contributed by atoms with Gasteiger partial charge in [-0.2, -0.15) is 4.98 Å². The lowest BCUT2D eigenvalue weighted by molar-refractivity contribution is 0.0309. The van der Waals surface area contributed by atoms with Crippen LogP contribution in [0.25, 0.3) is 11.6 Å². The van der Waals surface area contributed by atoms with Gasteiger partial charge in [0.25, 0.3) is 0 Å². The highest BCUT2D eigenvalue weighted by Crippen LogP contribution is 2.20. The molecule has 0 saturated carbocycles. The second-order valence-electron chi connectivity index (χ2n) is 6.45. The predicted molar refractivity (Wildman–Crippen MR) is 85.2 cm³/mol. The van der Waals surface area contributed by atoms with E-state index in [0.717, 1.165) is 52.0 Å². The van der Waals surface area contributed by atoms with Gasteiger partial charge in [-0.05, 0) is 37.8 Å². The number of nitrogens with zero attached hydrogens (tertiary/aromatic N) is 3. The molecule has 0 aliphatic carbocycles. The number of ether oxygens (including phenoxy) is 2. The highest BCUT2D eigenvalue weighted by Gasteiger charge is 2.25. The minimum Gasteiger partial charge on any atom is -0.461 e. The average molecular weight is 333 g/mol. The van der Waals surface area contributed by atoms with Crippen LogP contribution in [-0.4, -0.2) is 53.6 Å². The Labute approximate surface area is 140 Å². The van der Waals surface area contributed by atoms with Crippen molar-refractivity contribution in [2.75, 3.05) is 26.3 Å². The van der Waals surface area contributed by atoms with Crippen LogP contribution >= 0.6 is 0 Å². The van der Waals surface area contributed by atoms with E-state index >= 15 is 0 Å². The van der Waals surface area contributed by atoms with Crippen LogP contribution in [0.15, 0.2) is 27.3 Å². The Morgan fingerprint density at radius 2 is 1.83 bits per heavy atom. The largest absolute Gasteiger partial charge is 0.461 e. The van der Waals surface area contributed by atoms with Gasteiger partial charge < -0.3 is 18.4 Å². The highest BCUT2D eigenvalue weighted by molar-refractivity contribution is 5.44. The third kappa shape index (κ3) is 3.85. The van der Waals surface area contributed by atoms with Gasteiger partial charge in [-0.1, -0.05) is 5.16 Å². The van der Waals surface area contributed by atoms with E-state index in [1.54, 1.807) is 6.26 Å². The summed E-state index contributed by atoms with van der Waals surface area (Å²) in [6.07, 6.45) is 6.70. The van der Waals surface area contributed by atoms with Gasteiger partial charge in [0.2, 0.25) is 11.7 Å². The lowest BCUT2D eigenvalue weighted by Gasteiger charge is -2.26. The van der Waals surface area contributed by atoms with Crippen LogP contribution in [0.5, 0.6) is 0 Å². The van der Waals surface area contributed by atoms with Crippen LogP contribution in [-0.2, 0) is 16.0 Å². The lowest BCUT2D eigenvalue weighted by Crippen LogP contribution is -2.37. The van der Waals surface area contributed by atoms with Crippen molar-refractivity contribution in [1.29, 1.82) is 0 Å². The van der Waals surface area contributed by atoms with Gasteiger partial charge in [0.15, 0.2) is 5.76 Å². The fourth-order valence-corrected chi connectivity index (χ4v) is 3.37. The zero-order chi connectivity index (χ0) is 16.2. The topological polar surface area (TPSA) is 73.8 Å². The van der Waals surface area contributed by atoms with E-state index in [9.17, 15) is 0 Å². The third-order valence-electron chi connectivity index (χ3n) is 4.54. The molecule has 24 heavy (non-hydrogen) atoms. The molecule has 4 heterocycles. The Hall–Kier alpha value is -1.70. The molecule has 0 amide bonds. The molecule has 0 spiro atoms. The van der Waals surface area contributed by atoms with Crippen LogP contribution in [0, 0.1) is 0 Å². The average Bonchev–Trinajstić information content (AvgIpc) is 3.37. The minimum absolute atomic E-state index is 0.291. The van der Waals surface area contributed by atoms with Gasteiger partial charge in [0, 0.05) is 26.3 Å². The summed E-state index contributed by atoms with van der Waals surface area (Å²) in [4.78, 5) is 6.76. The second-order valence-corrected chi connectivity index (χ2v) is 6.45. The number of aromatic nitrogens is 2. The quantitative estimate of drug-likeness (QED) is 0.770. The van der Waals surface area contributed by atoms with E-state index in [1.165, 1.54) is 0 Å². The summed E-state index contributed by atoms with van der Waals surface area (Å²) in [6.45, 7) is 4.08. The molecule has 0 unspecified atom stereocenters. The molecule has 0 radical (unpaired) electrons. The molecule has 2 aromatic rings. The molecule has 0 N–H and O–H groups in total. The van der Waals surface area contributed by atoms with E-state index in [1.807, 2.05) is 12.1 Å². The SMILES string of the molecule is c1coc(-c2noc(CN(C[C@H]3CCCO3)C[C@@H]3CCCO3)n2)c1. The Balaban J connectivity index is 1.41. The third-order valence-corrected chi connectivity index (χ3v) is 4.54. The molecule has 0 bridgehead atoms. The molecular formula is C17H23N3O4. The predicted octanol–water partition coefficient (Wildman–Crippen LogP) is 2.49. The summed E-state index contributed by atoms with van der Waals surface area (Å²) < 4.78 is 22.3. The molecule has 2 atom stereocenters. The van der Waals surface area contributed by atoms with Crippen molar-refractivity contribution in [2.24, 2.45) is 0 Å². The first-order valence-electron chi connectivity index (χ1n) is 8.69. The molecule has 2 aliphatic heterocycles. The molecule has 130 valence electrons. The van der Waals surface area contributed by atoms with Crippen LogP contribution in [0.3, 0.4) is 0 Å². The zero-order valence-electron chi connectivity index (χ0n) is 13.7. The molecular weight excluding hydrogens is 310 g/mol. The first-order valence-corrected chi connectivity index (χ1v) is 8.69. The lowest BCUT2D eigenvalue weighted by atomic mass is 10.2. The van der Waals surface area contributed by atoms with E-state index in [2.05, 4.69) is 15.0 Å². The Morgan fingerprint density at radius 1 is 1.08 bits per heavy atom. The molecule has 2 saturated heterocycles. The molecule has 7 nitrogen and oxygen atoms in total. The summed E-state index contributed by atoms with van der Waals surface area (Å²) in [5.74, 6) is 1.70. The van der Waals surface area contributed by atoms with Gasteiger partial charge in [0.1, 0.15) is 0 Å². The van der Waals surface area contributed by atoms with Gasteiger partial charge in [-0.3, -0.25) is 4.90 Å². The summed E-state index contributed by atoms with van der Waals surface area (Å²) >= 11 is 0. The first kappa shape index (κ1) is 15.8. The van der Waals surface area contributed by atoms with E-state index in [-0.39, 0.29) is 0 Å². The van der Waals surface area contributed by atoms with Crippen LogP contribution in [0.2, 0.25) is 0 Å². The summed E-state index contributed by atoms with van der Waals surface area (Å²) in [6, 6.07) is 3.64. The van der Waals surface area contributed by atoms with Crippen molar-refractivity contribution in [3.05, 3.63) is 24.3 Å². The fourth-order valence-electron chi connectivity index (χ4n) is 3.37. The van der Waals surface area contributed by atoms with E-state index in [4.69, 9.17) is 18.4 Å². The van der Waals surface area contributed by atoms with Crippen molar-refractivity contribution in [2.45, 2.75) is 44.4 Å². The van der Waals surface area contributed by atoms with Crippen molar-refractivity contribution in [3.8, 4) is 11.6 Å². The number of hydrogen-bond donors (Lipinski definition) is 0. The van der Waals surface area contributed by atoms with Gasteiger partial charge >= 0.3 is 0 Å². The van der Waals surface area contributed by atoms with Crippen molar-refractivity contribution >= 4 is 0 Å². The second kappa shape index (κ2) is 7.46. The Kier molecular flexibility index (Phi) is 4.91. The van der Waals surface area contributed by atoms with E-state index in [0.29, 0.717) is 36.2 Å². The van der Waals surface area contributed by atoms with Crippen LogP contribution < -0.4 is 0 Å². The number of hydrogen-bond acceptors (Lipinski definition) is 7. The van der Waals surface area contributed by atoms with Crippen molar-refractivity contribution < 1.29 is 18.4 Å².